The van der Waals surface area contributed by atoms with Gasteiger partial charge in [0, 0.05) is 0 Å². The number of halogens is 1. The van der Waals surface area contributed by atoms with Gasteiger partial charge >= 0.3 is 6.01 Å². The van der Waals surface area contributed by atoms with Gasteiger partial charge in [0.2, 0.25) is 0 Å². The molecule has 8 heteroatoms. The van der Waals surface area contributed by atoms with Gasteiger partial charge < -0.3 is 9.15 Å². The maximum atomic E-state index is 12.7. The Morgan fingerprint density at radius 2 is 1.92 bits per heavy atom. The Morgan fingerprint density at radius 3 is 2.62 bits per heavy atom. The second-order valence-electron chi connectivity index (χ2n) is 5.37. The molecule has 0 saturated carbocycles. The third-order valence-electron chi connectivity index (χ3n) is 3.74. The van der Waals surface area contributed by atoms with E-state index in [1.807, 2.05) is 42.5 Å². The number of benzene rings is 2. The molecule has 4 aromatic rings. The molecule has 2 aromatic carbocycles. The lowest BCUT2D eigenvalue weighted by Crippen LogP contribution is -2.13. The molecule has 0 aliphatic carbocycles. The summed E-state index contributed by atoms with van der Waals surface area (Å²) in [5.41, 5.74) is 0.393. The summed E-state index contributed by atoms with van der Waals surface area (Å²) in [7, 11) is 1.53. The molecule has 0 saturated heterocycles. The van der Waals surface area contributed by atoms with Crippen LogP contribution in [0.25, 0.3) is 21.5 Å². The number of anilines is 1. The summed E-state index contributed by atoms with van der Waals surface area (Å²) < 4.78 is 11.8. The van der Waals surface area contributed by atoms with Crippen molar-refractivity contribution in [3.8, 4) is 16.5 Å². The van der Waals surface area contributed by atoms with Crippen LogP contribution in [0.2, 0.25) is 0 Å². The molecule has 2 heterocycles. The number of rotatable bonds is 4. The number of carbonyl (C=O) groups excluding carboxylic acids is 1. The first-order chi connectivity index (χ1) is 12.6. The van der Waals surface area contributed by atoms with Gasteiger partial charge in [0.05, 0.1) is 21.3 Å². The van der Waals surface area contributed by atoms with Gasteiger partial charge in [-0.25, -0.2) is 0 Å². The van der Waals surface area contributed by atoms with Crippen LogP contribution in [-0.4, -0.2) is 23.2 Å². The highest BCUT2D eigenvalue weighted by atomic mass is 79.9. The summed E-state index contributed by atoms with van der Waals surface area (Å²) >= 11 is 4.85. The van der Waals surface area contributed by atoms with Crippen LogP contribution in [0.15, 0.2) is 56.7 Å². The smallest absolute Gasteiger partial charge is 0.322 e. The summed E-state index contributed by atoms with van der Waals surface area (Å²) in [5, 5.41) is 12.4. The average molecular weight is 430 g/mol. The zero-order valence-corrected chi connectivity index (χ0v) is 15.9. The summed E-state index contributed by atoms with van der Waals surface area (Å²) in [6, 6.07) is 15.1. The zero-order valence-electron chi connectivity index (χ0n) is 13.5. The monoisotopic (exact) mass is 429 g/mol. The first-order valence-corrected chi connectivity index (χ1v) is 9.22. The Morgan fingerprint density at radius 1 is 1.15 bits per heavy atom. The Labute approximate surface area is 160 Å². The molecule has 130 valence electrons. The summed E-state index contributed by atoms with van der Waals surface area (Å²) in [6.07, 6.45) is 0. The molecule has 0 fully saturated rings. The molecule has 0 atom stereocenters. The molecule has 0 spiro atoms. The summed E-state index contributed by atoms with van der Waals surface area (Å²) in [5.74, 6) is 0.444. The fraction of sp³-hybridized carbons (Fsp3) is 0.0556. The van der Waals surface area contributed by atoms with E-state index < -0.39 is 0 Å². The minimum Gasteiger partial charge on any atom is -0.496 e. The number of hydrogen-bond acceptors (Lipinski definition) is 6. The predicted molar refractivity (Wildman–Crippen MR) is 104 cm³/mol. The van der Waals surface area contributed by atoms with Crippen LogP contribution < -0.4 is 10.1 Å². The zero-order chi connectivity index (χ0) is 18.1. The molecular weight excluding hydrogens is 418 g/mol. The molecule has 0 aliphatic rings. The molecule has 0 radical (unpaired) electrons. The van der Waals surface area contributed by atoms with Crippen LogP contribution in [0.4, 0.5) is 6.01 Å². The molecule has 0 aliphatic heterocycles. The van der Waals surface area contributed by atoms with Crippen LogP contribution in [-0.2, 0) is 0 Å². The van der Waals surface area contributed by atoms with E-state index in [0.29, 0.717) is 17.2 Å². The second kappa shape index (κ2) is 6.89. The van der Waals surface area contributed by atoms with Crippen molar-refractivity contribution in [3.05, 3.63) is 57.9 Å². The number of methoxy groups -OCH3 is 1. The number of carbonyl (C=O) groups is 1. The average Bonchev–Trinajstić information content (AvgIpc) is 3.29. The van der Waals surface area contributed by atoms with Gasteiger partial charge in [-0.2, -0.15) is 0 Å². The standard InChI is InChI=1S/C18H12BrN3O3S/c1-24-13-9-11-5-3-2-4-10(11)8-12(13)16(23)20-18-22-21-17(25-18)14-6-7-15(19)26-14/h2-9H,1H3,(H,20,22,23). The van der Waals surface area contributed by atoms with E-state index >= 15 is 0 Å². The van der Waals surface area contributed by atoms with Crippen LogP contribution in [0.3, 0.4) is 0 Å². The van der Waals surface area contributed by atoms with Crippen molar-refractivity contribution >= 4 is 50.0 Å². The number of aromatic nitrogens is 2. The van der Waals surface area contributed by atoms with Gasteiger partial charge in [0.25, 0.3) is 11.8 Å². The fourth-order valence-electron chi connectivity index (χ4n) is 2.53. The molecular formula is C18H12BrN3O3S. The number of nitrogens with zero attached hydrogens (tertiary/aromatic N) is 2. The van der Waals surface area contributed by atoms with Crippen molar-refractivity contribution in [2.45, 2.75) is 0 Å². The lowest BCUT2D eigenvalue weighted by atomic mass is 10.1. The molecule has 26 heavy (non-hydrogen) atoms. The van der Waals surface area contributed by atoms with Crippen molar-refractivity contribution in [2.24, 2.45) is 0 Å². The van der Waals surface area contributed by atoms with E-state index in [0.717, 1.165) is 19.4 Å². The lowest BCUT2D eigenvalue weighted by molar-refractivity contribution is 0.102. The molecule has 0 bridgehead atoms. The van der Waals surface area contributed by atoms with E-state index in [2.05, 4.69) is 31.4 Å². The third kappa shape index (κ3) is 3.21. The number of nitrogens with one attached hydrogen (secondary N) is 1. The van der Waals surface area contributed by atoms with E-state index in [4.69, 9.17) is 9.15 Å². The number of hydrogen-bond donors (Lipinski definition) is 1. The second-order valence-corrected chi connectivity index (χ2v) is 7.83. The quantitative estimate of drug-likeness (QED) is 0.495. The highest BCUT2D eigenvalue weighted by Gasteiger charge is 2.17. The topological polar surface area (TPSA) is 77.2 Å². The van der Waals surface area contributed by atoms with Gasteiger partial charge in [0.15, 0.2) is 0 Å². The number of thiophene rings is 1. The molecule has 4 rings (SSSR count). The van der Waals surface area contributed by atoms with Crippen molar-refractivity contribution in [3.63, 3.8) is 0 Å². The molecule has 1 N–H and O–H groups in total. The van der Waals surface area contributed by atoms with Crippen molar-refractivity contribution in [1.29, 1.82) is 0 Å². The third-order valence-corrected chi connectivity index (χ3v) is 5.35. The lowest BCUT2D eigenvalue weighted by Gasteiger charge is -2.09. The van der Waals surface area contributed by atoms with Gasteiger partial charge in [-0.15, -0.1) is 16.4 Å². The normalized spacial score (nSPS) is 10.8. The summed E-state index contributed by atoms with van der Waals surface area (Å²) in [4.78, 5) is 13.5. The van der Waals surface area contributed by atoms with Gasteiger partial charge in [-0.3, -0.25) is 10.1 Å². The van der Waals surface area contributed by atoms with Gasteiger partial charge in [-0.05, 0) is 51.0 Å². The van der Waals surface area contributed by atoms with Crippen molar-refractivity contribution < 1.29 is 13.9 Å². The van der Waals surface area contributed by atoms with Gasteiger partial charge in [-0.1, -0.05) is 29.4 Å². The number of ether oxygens (including phenoxy) is 1. The van der Waals surface area contributed by atoms with E-state index in [1.165, 1.54) is 18.4 Å². The number of amides is 1. The van der Waals surface area contributed by atoms with E-state index in [9.17, 15) is 4.79 Å². The molecule has 6 nitrogen and oxygen atoms in total. The van der Waals surface area contributed by atoms with Crippen LogP contribution >= 0.6 is 27.3 Å². The highest BCUT2D eigenvalue weighted by Crippen LogP contribution is 2.31. The SMILES string of the molecule is COc1cc2ccccc2cc1C(=O)Nc1nnc(-c2ccc(Br)s2)o1. The first kappa shape index (κ1) is 16.7. The Balaban J connectivity index is 1.62. The largest absolute Gasteiger partial charge is 0.496 e. The Kier molecular flexibility index (Phi) is 4.44. The first-order valence-electron chi connectivity index (χ1n) is 7.61. The minimum absolute atomic E-state index is 0.0322. The van der Waals surface area contributed by atoms with Crippen molar-refractivity contribution in [1.82, 2.24) is 10.2 Å². The molecule has 0 unspecified atom stereocenters. The van der Waals surface area contributed by atoms with E-state index in [1.54, 1.807) is 6.07 Å². The maximum absolute atomic E-state index is 12.7. The summed E-state index contributed by atoms with van der Waals surface area (Å²) in [6.45, 7) is 0. The minimum atomic E-state index is -0.379. The van der Waals surface area contributed by atoms with Crippen LogP contribution in [0.5, 0.6) is 5.75 Å². The highest BCUT2D eigenvalue weighted by molar-refractivity contribution is 9.11. The molecule has 2 aromatic heterocycles. The van der Waals surface area contributed by atoms with Crippen LogP contribution in [0.1, 0.15) is 10.4 Å². The predicted octanol–water partition coefficient (Wildman–Crippen LogP) is 4.97. The maximum Gasteiger partial charge on any atom is 0.322 e. The Bertz CT molecular complexity index is 1110. The Hall–Kier alpha value is -2.71. The molecule has 1 amide bonds. The number of fused-ring (bicyclic) bond motifs is 1. The van der Waals surface area contributed by atoms with Crippen molar-refractivity contribution in [2.75, 3.05) is 12.4 Å². The van der Waals surface area contributed by atoms with E-state index in [-0.39, 0.29) is 11.9 Å². The fourth-order valence-corrected chi connectivity index (χ4v) is 3.84. The van der Waals surface area contributed by atoms with Gasteiger partial charge in [0.1, 0.15) is 5.75 Å². The van der Waals surface area contributed by atoms with Crippen LogP contribution in [0, 0.1) is 0 Å².